The van der Waals surface area contributed by atoms with Gasteiger partial charge in [-0.15, -0.1) is 0 Å². The molecule has 3 N–H and O–H groups in total. The predicted molar refractivity (Wildman–Crippen MR) is 79.5 cm³/mol. The van der Waals surface area contributed by atoms with Gasteiger partial charge in [-0.2, -0.15) is 0 Å². The van der Waals surface area contributed by atoms with Gasteiger partial charge in [-0.3, -0.25) is 4.79 Å². The molecule has 2 aromatic rings. The predicted octanol–water partition coefficient (Wildman–Crippen LogP) is 2.47. The van der Waals surface area contributed by atoms with Gasteiger partial charge in [-0.05, 0) is 25.3 Å². The van der Waals surface area contributed by atoms with Crippen LogP contribution < -0.4 is 11.1 Å². The number of anilines is 1. The first-order chi connectivity index (χ1) is 10.0. The minimum absolute atomic E-state index is 0.0240. The van der Waals surface area contributed by atoms with Gasteiger partial charge < -0.3 is 15.6 Å². The Morgan fingerprint density at radius 3 is 3.00 bits per heavy atom. The third-order valence-corrected chi connectivity index (χ3v) is 3.84. The van der Waals surface area contributed by atoms with E-state index >= 15 is 0 Å². The van der Waals surface area contributed by atoms with Crippen LogP contribution in [0.25, 0.3) is 11.0 Å². The number of rotatable bonds is 5. The molecule has 1 saturated carbocycles. The molecule has 7 heteroatoms. The van der Waals surface area contributed by atoms with Gasteiger partial charge in [-0.1, -0.05) is 11.6 Å². The van der Waals surface area contributed by atoms with Crippen molar-refractivity contribution in [2.45, 2.75) is 38.3 Å². The summed E-state index contributed by atoms with van der Waals surface area (Å²) in [6.45, 7) is 0.515. The minimum atomic E-state index is -0.503. The number of hydrogen-bond acceptors (Lipinski definition) is 3. The third-order valence-electron chi connectivity index (χ3n) is 3.55. The molecule has 0 bridgehead atoms. The van der Waals surface area contributed by atoms with Crippen LogP contribution in [0.1, 0.15) is 25.7 Å². The molecule has 5 nitrogen and oxygen atoms in total. The number of imidazole rings is 1. The maximum atomic E-state index is 13.6. The van der Waals surface area contributed by atoms with Crippen LogP contribution in [0.2, 0.25) is 5.02 Å². The van der Waals surface area contributed by atoms with E-state index in [1.165, 1.54) is 12.1 Å². The van der Waals surface area contributed by atoms with Gasteiger partial charge in [0, 0.05) is 25.1 Å². The van der Waals surface area contributed by atoms with Crippen LogP contribution in [0.15, 0.2) is 12.1 Å². The summed E-state index contributed by atoms with van der Waals surface area (Å²) in [5, 5.41) is 2.95. The van der Waals surface area contributed by atoms with Crippen molar-refractivity contribution in [1.82, 2.24) is 14.9 Å². The molecule has 1 aromatic heterocycles. The highest BCUT2D eigenvalue weighted by Gasteiger charge is 2.22. The van der Waals surface area contributed by atoms with E-state index in [9.17, 15) is 9.18 Å². The van der Waals surface area contributed by atoms with E-state index in [-0.39, 0.29) is 10.9 Å². The van der Waals surface area contributed by atoms with Crippen molar-refractivity contribution in [2.75, 3.05) is 5.73 Å². The lowest BCUT2D eigenvalue weighted by Crippen LogP contribution is -2.25. The van der Waals surface area contributed by atoms with Gasteiger partial charge in [0.25, 0.3) is 0 Å². The number of amides is 1. The average Bonchev–Trinajstić information content (AvgIpc) is 3.18. The van der Waals surface area contributed by atoms with Crippen molar-refractivity contribution < 1.29 is 9.18 Å². The first-order valence-corrected chi connectivity index (χ1v) is 7.32. The highest BCUT2D eigenvalue weighted by Crippen LogP contribution is 2.25. The minimum Gasteiger partial charge on any atom is -0.369 e. The molecule has 112 valence electrons. The van der Waals surface area contributed by atoms with E-state index < -0.39 is 5.82 Å². The zero-order valence-electron chi connectivity index (χ0n) is 11.4. The zero-order chi connectivity index (χ0) is 15.0. The van der Waals surface area contributed by atoms with E-state index in [0.29, 0.717) is 42.4 Å². The smallest absolute Gasteiger partial charge is 0.220 e. The van der Waals surface area contributed by atoms with E-state index in [1.807, 2.05) is 0 Å². The summed E-state index contributed by atoms with van der Waals surface area (Å²) in [5.74, 6) is -0.152. The lowest BCUT2D eigenvalue weighted by atomic mass is 10.2. The number of nitrogens with one attached hydrogen (secondary N) is 1. The Bertz CT molecular complexity index is 696. The van der Waals surface area contributed by atoms with Crippen molar-refractivity contribution in [3.05, 3.63) is 23.0 Å². The summed E-state index contributed by atoms with van der Waals surface area (Å²) in [7, 11) is 0. The van der Waals surface area contributed by atoms with Gasteiger partial charge >= 0.3 is 0 Å². The van der Waals surface area contributed by atoms with Crippen molar-refractivity contribution >= 4 is 34.5 Å². The largest absolute Gasteiger partial charge is 0.369 e. The molecular weight excluding hydrogens is 295 g/mol. The number of aryl methyl sites for hydroxylation is 1. The van der Waals surface area contributed by atoms with E-state index in [1.54, 1.807) is 4.57 Å². The fourth-order valence-electron chi connectivity index (χ4n) is 2.30. The normalized spacial score (nSPS) is 14.6. The van der Waals surface area contributed by atoms with Crippen LogP contribution in [0.4, 0.5) is 10.3 Å². The quantitative estimate of drug-likeness (QED) is 0.891. The summed E-state index contributed by atoms with van der Waals surface area (Å²) in [6, 6.07) is 3.15. The molecule has 1 aromatic carbocycles. The van der Waals surface area contributed by atoms with Crippen LogP contribution >= 0.6 is 11.6 Å². The Morgan fingerprint density at radius 2 is 2.29 bits per heavy atom. The standard InChI is InChI=1S/C14H16ClFN4O/c15-9-6-11-12(7-10(9)16)20(14(17)19-11)5-1-2-13(21)18-8-3-4-8/h6-8H,1-5H2,(H2,17,19)(H,18,21). The highest BCUT2D eigenvalue weighted by atomic mass is 35.5. The number of carbonyl (C=O) groups is 1. The highest BCUT2D eigenvalue weighted by molar-refractivity contribution is 6.31. The third kappa shape index (κ3) is 3.10. The maximum absolute atomic E-state index is 13.6. The van der Waals surface area contributed by atoms with Crippen molar-refractivity contribution in [1.29, 1.82) is 0 Å². The van der Waals surface area contributed by atoms with Gasteiger partial charge in [0.2, 0.25) is 11.9 Å². The number of nitrogens with two attached hydrogens (primary N) is 1. The van der Waals surface area contributed by atoms with Crippen LogP contribution in [-0.2, 0) is 11.3 Å². The zero-order valence-corrected chi connectivity index (χ0v) is 12.2. The van der Waals surface area contributed by atoms with E-state index in [4.69, 9.17) is 17.3 Å². The number of hydrogen-bond donors (Lipinski definition) is 2. The van der Waals surface area contributed by atoms with Crippen LogP contribution in [0, 0.1) is 5.82 Å². The molecule has 0 unspecified atom stereocenters. The Morgan fingerprint density at radius 1 is 1.52 bits per heavy atom. The Kier molecular flexibility index (Phi) is 3.71. The second-order valence-electron chi connectivity index (χ2n) is 5.32. The molecule has 1 amide bonds. The van der Waals surface area contributed by atoms with Crippen LogP contribution in [-0.4, -0.2) is 21.5 Å². The second-order valence-corrected chi connectivity index (χ2v) is 5.73. The number of benzene rings is 1. The molecule has 3 rings (SSSR count). The molecule has 1 aliphatic carbocycles. The van der Waals surface area contributed by atoms with Gasteiger partial charge in [0.15, 0.2) is 0 Å². The molecule has 1 aliphatic rings. The fraction of sp³-hybridized carbons (Fsp3) is 0.429. The number of carbonyl (C=O) groups excluding carboxylic acids is 1. The Labute approximate surface area is 126 Å². The van der Waals surface area contributed by atoms with Gasteiger partial charge in [0.1, 0.15) is 5.82 Å². The maximum Gasteiger partial charge on any atom is 0.220 e. The second kappa shape index (κ2) is 5.52. The van der Waals surface area contributed by atoms with Crippen LogP contribution in [0.5, 0.6) is 0 Å². The summed E-state index contributed by atoms with van der Waals surface area (Å²) in [4.78, 5) is 15.8. The Balaban J connectivity index is 1.69. The first kappa shape index (κ1) is 14.1. The van der Waals surface area contributed by atoms with Gasteiger partial charge in [0.05, 0.1) is 16.1 Å². The van der Waals surface area contributed by atoms with Crippen molar-refractivity contribution in [2.24, 2.45) is 0 Å². The average molecular weight is 311 g/mol. The summed E-state index contributed by atoms with van der Waals surface area (Å²) in [6.07, 6.45) is 3.19. The molecule has 21 heavy (non-hydrogen) atoms. The molecule has 0 saturated heterocycles. The van der Waals surface area contributed by atoms with Crippen molar-refractivity contribution in [3.8, 4) is 0 Å². The van der Waals surface area contributed by atoms with Gasteiger partial charge in [-0.25, -0.2) is 9.37 Å². The topological polar surface area (TPSA) is 72.9 Å². The number of aromatic nitrogens is 2. The summed E-state index contributed by atoms with van der Waals surface area (Å²) >= 11 is 5.73. The summed E-state index contributed by atoms with van der Waals surface area (Å²) < 4.78 is 15.3. The SMILES string of the molecule is Nc1nc2cc(Cl)c(F)cc2n1CCCC(=O)NC1CC1. The molecule has 1 heterocycles. The Hall–Kier alpha value is -1.82. The monoisotopic (exact) mass is 310 g/mol. The number of fused-ring (bicyclic) bond motifs is 1. The van der Waals surface area contributed by atoms with Crippen LogP contribution in [0.3, 0.4) is 0 Å². The number of nitrogens with zero attached hydrogens (tertiary/aromatic N) is 2. The number of nitrogen functional groups attached to an aromatic ring is 1. The first-order valence-electron chi connectivity index (χ1n) is 6.94. The molecule has 1 fully saturated rings. The lowest BCUT2D eigenvalue weighted by molar-refractivity contribution is -0.121. The van der Waals surface area contributed by atoms with Crippen molar-refractivity contribution in [3.63, 3.8) is 0 Å². The molecule has 0 spiro atoms. The van der Waals surface area contributed by atoms with E-state index in [0.717, 1.165) is 12.8 Å². The molecule has 0 atom stereocenters. The molecule has 0 radical (unpaired) electrons. The summed E-state index contributed by atoms with van der Waals surface area (Å²) in [5.41, 5.74) is 7.00. The lowest BCUT2D eigenvalue weighted by Gasteiger charge is -2.07. The fourth-order valence-corrected chi connectivity index (χ4v) is 2.46. The molecule has 0 aliphatic heterocycles. The molecular formula is C14H16ClFN4O. The number of halogens is 2. The van der Waals surface area contributed by atoms with E-state index in [2.05, 4.69) is 10.3 Å².